The Kier molecular flexibility index (Phi) is 6.12. The Morgan fingerprint density at radius 2 is 1.41 bits per heavy atom. The summed E-state index contributed by atoms with van der Waals surface area (Å²) in [5.74, 6) is -0.583. The second-order valence-corrected chi connectivity index (χ2v) is 7.10. The van der Waals surface area contributed by atoms with E-state index in [1.807, 2.05) is 60.7 Å². The monoisotopic (exact) mass is 378 g/mol. The molecule has 0 fully saturated rings. The molecule has 0 saturated carbocycles. The standard InChI is InChI=1S/C24H23ClO2/c1-2-17-24(27,20-11-7-4-8-12-20)22(18-9-5-3-6-10-18)23(26)19-13-15-21(25)16-14-19/h2-16,22-23,26-27H,1,17H2/t22-,23-,24-/m0/s1. The van der Waals surface area contributed by atoms with Crippen LogP contribution < -0.4 is 0 Å². The molecule has 0 aliphatic rings. The van der Waals surface area contributed by atoms with Crippen LogP contribution in [0.2, 0.25) is 5.02 Å². The summed E-state index contributed by atoms with van der Waals surface area (Å²) in [5, 5.41) is 23.7. The number of aliphatic hydroxyl groups is 2. The number of halogens is 1. The molecule has 3 aromatic rings. The van der Waals surface area contributed by atoms with Gasteiger partial charge in [-0.15, -0.1) is 6.58 Å². The average molecular weight is 379 g/mol. The third-order valence-corrected chi connectivity index (χ3v) is 5.18. The molecule has 3 rings (SSSR count). The van der Waals surface area contributed by atoms with Crippen LogP contribution in [0.15, 0.2) is 97.6 Å². The van der Waals surface area contributed by atoms with Crippen molar-refractivity contribution >= 4 is 11.6 Å². The van der Waals surface area contributed by atoms with Crippen LogP contribution in [0.5, 0.6) is 0 Å². The second kappa shape index (κ2) is 8.53. The number of hydrogen-bond donors (Lipinski definition) is 2. The molecular formula is C24H23ClO2. The minimum absolute atomic E-state index is 0.307. The third kappa shape index (κ3) is 4.14. The maximum absolute atomic E-state index is 11.8. The Balaban J connectivity index is 2.16. The summed E-state index contributed by atoms with van der Waals surface area (Å²) in [7, 11) is 0. The summed E-state index contributed by atoms with van der Waals surface area (Å²) in [5.41, 5.74) is 0.982. The Hall–Kier alpha value is -2.39. The molecule has 3 aromatic carbocycles. The molecule has 3 atom stereocenters. The van der Waals surface area contributed by atoms with Crippen LogP contribution in [0, 0.1) is 0 Å². The van der Waals surface area contributed by atoms with Crippen molar-refractivity contribution in [2.75, 3.05) is 0 Å². The smallest absolute Gasteiger partial charge is 0.103 e. The van der Waals surface area contributed by atoms with Gasteiger partial charge in [0.05, 0.1) is 6.10 Å². The highest BCUT2D eigenvalue weighted by atomic mass is 35.5. The van der Waals surface area contributed by atoms with Crippen molar-refractivity contribution in [3.8, 4) is 0 Å². The van der Waals surface area contributed by atoms with Crippen LogP contribution in [0.25, 0.3) is 0 Å². The number of aliphatic hydroxyl groups excluding tert-OH is 1. The quantitative estimate of drug-likeness (QED) is 0.524. The van der Waals surface area contributed by atoms with Crippen LogP contribution in [0.4, 0.5) is 0 Å². The van der Waals surface area contributed by atoms with E-state index in [-0.39, 0.29) is 0 Å². The summed E-state index contributed by atoms with van der Waals surface area (Å²) in [6.45, 7) is 3.83. The molecule has 0 spiro atoms. The Morgan fingerprint density at radius 1 is 0.852 bits per heavy atom. The van der Waals surface area contributed by atoms with Crippen molar-refractivity contribution in [1.82, 2.24) is 0 Å². The molecule has 0 heterocycles. The van der Waals surface area contributed by atoms with Gasteiger partial charge in [0.2, 0.25) is 0 Å². The van der Waals surface area contributed by atoms with Crippen molar-refractivity contribution in [3.63, 3.8) is 0 Å². The minimum atomic E-state index is -1.32. The second-order valence-electron chi connectivity index (χ2n) is 6.67. The van der Waals surface area contributed by atoms with E-state index in [1.165, 1.54) is 0 Å². The number of rotatable bonds is 7. The largest absolute Gasteiger partial charge is 0.388 e. The van der Waals surface area contributed by atoms with Gasteiger partial charge in [0.25, 0.3) is 0 Å². The molecule has 0 bridgehead atoms. The topological polar surface area (TPSA) is 40.5 Å². The van der Waals surface area contributed by atoms with Gasteiger partial charge in [0.1, 0.15) is 5.60 Å². The summed E-state index contributed by atoms with van der Waals surface area (Å²) in [4.78, 5) is 0. The third-order valence-electron chi connectivity index (χ3n) is 4.93. The Labute approximate surface area is 165 Å². The minimum Gasteiger partial charge on any atom is -0.388 e. The molecule has 0 saturated heterocycles. The Morgan fingerprint density at radius 3 is 1.96 bits per heavy atom. The van der Waals surface area contributed by atoms with Gasteiger partial charge in [-0.3, -0.25) is 0 Å². The highest BCUT2D eigenvalue weighted by Gasteiger charge is 2.43. The summed E-state index contributed by atoms with van der Waals surface area (Å²) in [6, 6.07) is 26.1. The predicted octanol–water partition coefficient (Wildman–Crippen LogP) is 5.62. The van der Waals surface area contributed by atoms with Crippen LogP contribution in [0.1, 0.15) is 35.1 Å². The fraction of sp³-hybridized carbons (Fsp3) is 0.167. The zero-order valence-electron chi connectivity index (χ0n) is 15.0. The molecule has 27 heavy (non-hydrogen) atoms. The summed E-state index contributed by atoms with van der Waals surface area (Å²) >= 11 is 6.00. The molecule has 0 aliphatic heterocycles. The van der Waals surface area contributed by atoms with E-state index < -0.39 is 17.6 Å². The first-order valence-corrected chi connectivity index (χ1v) is 9.31. The van der Waals surface area contributed by atoms with Crippen molar-refractivity contribution in [3.05, 3.63) is 119 Å². The van der Waals surface area contributed by atoms with Crippen molar-refractivity contribution in [2.45, 2.75) is 24.0 Å². The molecule has 2 N–H and O–H groups in total. The molecule has 3 heteroatoms. The zero-order chi connectivity index (χ0) is 19.3. The fourth-order valence-electron chi connectivity index (χ4n) is 3.60. The maximum atomic E-state index is 11.8. The highest BCUT2D eigenvalue weighted by Crippen LogP contribution is 2.47. The number of hydrogen-bond acceptors (Lipinski definition) is 2. The molecular weight excluding hydrogens is 356 g/mol. The first kappa shape index (κ1) is 19.4. The van der Waals surface area contributed by atoms with Crippen molar-refractivity contribution < 1.29 is 10.2 Å². The van der Waals surface area contributed by atoms with E-state index in [4.69, 9.17) is 11.6 Å². The molecule has 138 valence electrons. The summed E-state index contributed by atoms with van der Waals surface area (Å²) < 4.78 is 0. The van der Waals surface area contributed by atoms with Crippen molar-refractivity contribution in [1.29, 1.82) is 0 Å². The lowest BCUT2D eigenvalue weighted by molar-refractivity contribution is -0.0400. The van der Waals surface area contributed by atoms with E-state index in [2.05, 4.69) is 6.58 Å². The van der Waals surface area contributed by atoms with Gasteiger partial charge < -0.3 is 10.2 Å². The van der Waals surface area contributed by atoms with Crippen LogP contribution in [-0.2, 0) is 5.60 Å². The molecule has 0 unspecified atom stereocenters. The van der Waals surface area contributed by atoms with E-state index >= 15 is 0 Å². The van der Waals surface area contributed by atoms with Gasteiger partial charge in [-0.2, -0.15) is 0 Å². The van der Waals surface area contributed by atoms with E-state index in [0.29, 0.717) is 17.0 Å². The highest BCUT2D eigenvalue weighted by molar-refractivity contribution is 6.30. The van der Waals surface area contributed by atoms with Gasteiger partial charge in [-0.25, -0.2) is 0 Å². The lowest BCUT2D eigenvalue weighted by atomic mass is 9.71. The van der Waals surface area contributed by atoms with Gasteiger partial charge in [0, 0.05) is 10.9 Å². The van der Waals surface area contributed by atoms with Crippen LogP contribution >= 0.6 is 11.6 Å². The molecule has 0 radical (unpaired) electrons. The Bertz CT molecular complexity index is 862. The van der Waals surface area contributed by atoms with E-state index in [0.717, 1.165) is 11.1 Å². The first-order chi connectivity index (χ1) is 13.1. The van der Waals surface area contributed by atoms with Gasteiger partial charge in [0.15, 0.2) is 0 Å². The fourth-order valence-corrected chi connectivity index (χ4v) is 3.73. The molecule has 0 aromatic heterocycles. The van der Waals surface area contributed by atoms with Gasteiger partial charge >= 0.3 is 0 Å². The van der Waals surface area contributed by atoms with Gasteiger partial charge in [-0.05, 0) is 35.2 Å². The lowest BCUT2D eigenvalue weighted by Crippen LogP contribution is -2.37. The van der Waals surface area contributed by atoms with Crippen LogP contribution in [-0.4, -0.2) is 10.2 Å². The number of benzene rings is 3. The SMILES string of the molecule is C=CC[C@](O)(c1ccccc1)[C@@H](c1ccccc1)[C@@H](O)c1ccc(Cl)cc1. The molecule has 0 amide bonds. The van der Waals surface area contributed by atoms with E-state index in [1.54, 1.807) is 30.3 Å². The lowest BCUT2D eigenvalue weighted by Gasteiger charge is -2.39. The maximum Gasteiger partial charge on any atom is 0.103 e. The normalized spacial score (nSPS) is 15.5. The van der Waals surface area contributed by atoms with Gasteiger partial charge in [-0.1, -0.05) is 90.5 Å². The predicted molar refractivity (Wildman–Crippen MR) is 111 cm³/mol. The zero-order valence-corrected chi connectivity index (χ0v) is 15.8. The molecule has 2 nitrogen and oxygen atoms in total. The van der Waals surface area contributed by atoms with Crippen LogP contribution in [0.3, 0.4) is 0 Å². The summed E-state index contributed by atoms with van der Waals surface area (Å²) in [6.07, 6.45) is 1.08. The molecule has 0 aliphatic carbocycles. The van der Waals surface area contributed by atoms with Crippen molar-refractivity contribution in [2.24, 2.45) is 0 Å². The van der Waals surface area contributed by atoms with E-state index in [9.17, 15) is 10.2 Å². The first-order valence-electron chi connectivity index (χ1n) is 8.93. The average Bonchev–Trinajstić information content (AvgIpc) is 2.70.